The molecule has 0 atom stereocenters. The van der Waals surface area contributed by atoms with E-state index in [1.165, 1.54) is 11.5 Å². The molecule has 1 saturated heterocycles. The van der Waals surface area contributed by atoms with E-state index in [9.17, 15) is 4.79 Å². The SMILES string of the molecule is N#CCc1nc(N2CCC(=O)CC2)ns1. The van der Waals surface area contributed by atoms with Crippen molar-refractivity contribution in [1.82, 2.24) is 9.36 Å². The number of rotatable bonds is 2. The molecule has 15 heavy (non-hydrogen) atoms. The molecule has 78 valence electrons. The molecule has 1 aliphatic rings. The lowest BCUT2D eigenvalue weighted by Crippen LogP contribution is -2.34. The summed E-state index contributed by atoms with van der Waals surface area (Å²) in [5.41, 5.74) is 0. The molecule has 0 unspecified atom stereocenters. The van der Waals surface area contributed by atoms with Crippen molar-refractivity contribution >= 4 is 23.3 Å². The van der Waals surface area contributed by atoms with Gasteiger partial charge in [0.2, 0.25) is 5.95 Å². The normalized spacial score (nSPS) is 16.5. The third-order valence-electron chi connectivity index (χ3n) is 2.29. The molecule has 1 fully saturated rings. The minimum absolute atomic E-state index is 0.304. The zero-order valence-corrected chi connectivity index (χ0v) is 8.96. The fourth-order valence-corrected chi connectivity index (χ4v) is 2.06. The number of ketones is 1. The molecule has 0 saturated carbocycles. The standard InChI is InChI=1S/C9H10N4OS/c10-4-1-8-11-9(12-15-8)13-5-2-7(14)3-6-13/h1-3,5-6H2. The van der Waals surface area contributed by atoms with E-state index in [4.69, 9.17) is 5.26 Å². The van der Waals surface area contributed by atoms with Crippen LogP contribution in [0.2, 0.25) is 0 Å². The average Bonchev–Trinajstić information content (AvgIpc) is 2.68. The average molecular weight is 222 g/mol. The number of aromatic nitrogens is 2. The number of hydrogen-bond acceptors (Lipinski definition) is 6. The van der Waals surface area contributed by atoms with Crippen LogP contribution in [0.25, 0.3) is 0 Å². The van der Waals surface area contributed by atoms with Crippen LogP contribution in [0, 0.1) is 11.3 Å². The van der Waals surface area contributed by atoms with Gasteiger partial charge >= 0.3 is 0 Å². The molecule has 2 heterocycles. The zero-order chi connectivity index (χ0) is 10.7. The zero-order valence-electron chi connectivity index (χ0n) is 8.14. The minimum atomic E-state index is 0.304. The van der Waals surface area contributed by atoms with Gasteiger partial charge in [-0.25, -0.2) is 4.98 Å². The fraction of sp³-hybridized carbons (Fsp3) is 0.556. The summed E-state index contributed by atoms with van der Waals surface area (Å²) < 4.78 is 4.18. The lowest BCUT2D eigenvalue weighted by atomic mass is 10.1. The number of piperidine rings is 1. The molecule has 5 nitrogen and oxygen atoms in total. The Balaban J connectivity index is 2.03. The van der Waals surface area contributed by atoms with Crippen LogP contribution >= 0.6 is 11.5 Å². The highest BCUT2D eigenvalue weighted by Crippen LogP contribution is 2.17. The Morgan fingerprint density at radius 3 is 2.87 bits per heavy atom. The Labute approximate surface area is 91.5 Å². The summed E-state index contributed by atoms with van der Waals surface area (Å²) in [6, 6.07) is 2.04. The van der Waals surface area contributed by atoms with Crippen molar-refractivity contribution < 1.29 is 4.79 Å². The van der Waals surface area contributed by atoms with Crippen molar-refractivity contribution in [3.05, 3.63) is 5.01 Å². The van der Waals surface area contributed by atoms with Gasteiger partial charge in [-0.1, -0.05) is 0 Å². The monoisotopic (exact) mass is 222 g/mol. The first-order valence-electron chi connectivity index (χ1n) is 4.76. The largest absolute Gasteiger partial charge is 0.339 e. The third-order valence-corrected chi connectivity index (χ3v) is 2.99. The molecule has 6 heteroatoms. The van der Waals surface area contributed by atoms with E-state index in [0.717, 1.165) is 5.01 Å². The smallest absolute Gasteiger partial charge is 0.237 e. The van der Waals surface area contributed by atoms with E-state index in [1.54, 1.807) is 0 Å². The number of nitriles is 1. The van der Waals surface area contributed by atoms with Gasteiger partial charge in [-0.15, -0.1) is 0 Å². The van der Waals surface area contributed by atoms with Gasteiger partial charge in [0.15, 0.2) is 0 Å². The molecular weight excluding hydrogens is 212 g/mol. The highest BCUT2D eigenvalue weighted by Gasteiger charge is 2.19. The summed E-state index contributed by atoms with van der Waals surface area (Å²) in [7, 11) is 0. The van der Waals surface area contributed by atoms with Crippen molar-refractivity contribution in [3.8, 4) is 6.07 Å². The van der Waals surface area contributed by atoms with Crippen LogP contribution in [0.5, 0.6) is 0 Å². The first kappa shape index (κ1) is 10.1. The Bertz CT molecular complexity index is 398. The summed E-state index contributed by atoms with van der Waals surface area (Å²) in [4.78, 5) is 17.3. The number of nitrogens with zero attached hydrogens (tertiary/aromatic N) is 4. The van der Waals surface area contributed by atoms with Crippen LogP contribution in [-0.4, -0.2) is 28.2 Å². The first-order chi connectivity index (χ1) is 7.29. The highest BCUT2D eigenvalue weighted by atomic mass is 32.1. The topological polar surface area (TPSA) is 69.9 Å². The van der Waals surface area contributed by atoms with Crippen molar-refractivity contribution in [3.63, 3.8) is 0 Å². The van der Waals surface area contributed by atoms with Gasteiger partial charge in [0.25, 0.3) is 0 Å². The molecule has 1 aromatic rings. The van der Waals surface area contributed by atoms with Crippen LogP contribution in [0.4, 0.5) is 5.95 Å². The summed E-state index contributed by atoms with van der Waals surface area (Å²) in [5.74, 6) is 0.969. The van der Waals surface area contributed by atoms with Crippen molar-refractivity contribution in [2.24, 2.45) is 0 Å². The van der Waals surface area contributed by atoms with Crippen LogP contribution < -0.4 is 4.90 Å². The third kappa shape index (κ3) is 2.30. The van der Waals surface area contributed by atoms with Gasteiger partial charge in [0.05, 0.1) is 12.5 Å². The number of carbonyl (C=O) groups is 1. The molecule has 0 radical (unpaired) electrons. The van der Waals surface area contributed by atoms with E-state index >= 15 is 0 Å². The minimum Gasteiger partial charge on any atom is -0.339 e. The quantitative estimate of drug-likeness (QED) is 0.739. The van der Waals surface area contributed by atoms with Crippen molar-refractivity contribution in [1.29, 1.82) is 5.26 Å². The van der Waals surface area contributed by atoms with E-state index in [1.807, 2.05) is 11.0 Å². The van der Waals surface area contributed by atoms with Crippen LogP contribution in [0.3, 0.4) is 0 Å². The van der Waals surface area contributed by atoms with Gasteiger partial charge in [-0.2, -0.15) is 9.64 Å². The van der Waals surface area contributed by atoms with Gasteiger partial charge in [-0.05, 0) is 11.5 Å². The van der Waals surface area contributed by atoms with E-state index in [0.29, 0.717) is 44.1 Å². The number of anilines is 1. The fourth-order valence-electron chi connectivity index (χ4n) is 1.47. The van der Waals surface area contributed by atoms with Gasteiger partial charge in [-0.3, -0.25) is 4.79 Å². The van der Waals surface area contributed by atoms with E-state index in [2.05, 4.69) is 9.36 Å². The summed E-state index contributed by atoms with van der Waals surface area (Å²) in [6.07, 6.45) is 1.46. The van der Waals surface area contributed by atoms with Crippen LogP contribution in [-0.2, 0) is 11.2 Å². The van der Waals surface area contributed by atoms with Crippen LogP contribution in [0.1, 0.15) is 17.8 Å². The predicted octanol–water partition coefficient (Wildman–Crippen LogP) is 0.773. The van der Waals surface area contributed by atoms with Crippen molar-refractivity contribution in [2.75, 3.05) is 18.0 Å². The predicted molar refractivity (Wildman–Crippen MR) is 55.7 cm³/mol. The molecular formula is C9H10N4OS. The molecule has 0 aliphatic carbocycles. The van der Waals surface area contributed by atoms with E-state index in [-0.39, 0.29) is 0 Å². The summed E-state index contributed by atoms with van der Waals surface area (Å²) in [5, 5.41) is 9.24. The second kappa shape index (κ2) is 4.36. The summed E-state index contributed by atoms with van der Waals surface area (Å²) >= 11 is 1.26. The Hall–Kier alpha value is -1.48. The molecule has 2 rings (SSSR count). The molecule has 0 amide bonds. The van der Waals surface area contributed by atoms with Crippen LogP contribution in [0.15, 0.2) is 0 Å². The number of hydrogen-bond donors (Lipinski definition) is 0. The Morgan fingerprint density at radius 1 is 1.47 bits per heavy atom. The Kier molecular flexibility index (Phi) is 2.92. The molecule has 1 aromatic heterocycles. The van der Waals surface area contributed by atoms with Crippen molar-refractivity contribution in [2.45, 2.75) is 19.3 Å². The highest BCUT2D eigenvalue weighted by molar-refractivity contribution is 7.05. The molecule has 1 aliphatic heterocycles. The lowest BCUT2D eigenvalue weighted by molar-refractivity contribution is -0.119. The maximum Gasteiger partial charge on any atom is 0.237 e. The number of carbonyl (C=O) groups excluding carboxylic acids is 1. The summed E-state index contributed by atoms with van der Waals surface area (Å²) in [6.45, 7) is 1.39. The molecule has 0 N–H and O–H groups in total. The maximum atomic E-state index is 11.0. The van der Waals surface area contributed by atoms with Gasteiger partial charge in [0.1, 0.15) is 10.8 Å². The Morgan fingerprint density at radius 2 is 2.20 bits per heavy atom. The molecule has 0 spiro atoms. The molecule has 0 aromatic carbocycles. The second-order valence-corrected chi connectivity index (χ2v) is 4.19. The maximum absolute atomic E-state index is 11.0. The van der Waals surface area contributed by atoms with Gasteiger partial charge < -0.3 is 4.90 Å². The molecule has 0 bridgehead atoms. The lowest BCUT2D eigenvalue weighted by Gasteiger charge is -2.24. The van der Waals surface area contributed by atoms with Gasteiger partial charge in [0, 0.05) is 25.9 Å². The van der Waals surface area contributed by atoms with E-state index < -0.39 is 0 Å². The number of Topliss-reactive ketones (excluding diaryl/α,β-unsaturated/α-hetero) is 1. The second-order valence-electron chi connectivity index (χ2n) is 3.35. The first-order valence-corrected chi connectivity index (χ1v) is 5.53.